The minimum atomic E-state index is -0.634. The highest BCUT2D eigenvalue weighted by Crippen LogP contribution is 2.10. The lowest BCUT2D eigenvalue weighted by atomic mass is 10.1. The van der Waals surface area contributed by atoms with E-state index in [1.807, 2.05) is 19.1 Å². The molecule has 0 bridgehead atoms. The maximum atomic E-state index is 11.1. The van der Waals surface area contributed by atoms with Crippen LogP contribution in [0.1, 0.15) is 12.5 Å². The lowest BCUT2D eigenvalue weighted by Gasteiger charge is -2.05. The van der Waals surface area contributed by atoms with Crippen LogP contribution in [0, 0.1) is 0 Å². The van der Waals surface area contributed by atoms with Gasteiger partial charge in [-0.3, -0.25) is 9.59 Å². The molecule has 1 aromatic carbocycles. The van der Waals surface area contributed by atoms with Crippen molar-refractivity contribution in [3.05, 3.63) is 44.5 Å². The summed E-state index contributed by atoms with van der Waals surface area (Å²) in [6.45, 7) is 1.92. The fourth-order valence-electron chi connectivity index (χ4n) is 1.66. The molecule has 0 aliphatic rings. The third-order valence-electron chi connectivity index (χ3n) is 2.34. The largest absolute Gasteiger partial charge is 0.328 e. The number of hydrogen-bond donors (Lipinski definition) is 3. The highest BCUT2D eigenvalue weighted by atomic mass is 16.2. The van der Waals surface area contributed by atoms with Gasteiger partial charge >= 0.3 is 11.1 Å². The first-order chi connectivity index (χ1) is 7.56. The Morgan fingerprint density at radius 3 is 2.44 bits per heavy atom. The second kappa shape index (κ2) is 3.94. The topological polar surface area (TPSA) is 91.7 Å². The van der Waals surface area contributed by atoms with Crippen molar-refractivity contribution in [2.45, 2.75) is 19.4 Å². The van der Waals surface area contributed by atoms with Gasteiger partial charge < -0.3 is 15.7 Å². The molecule has 5 heteroatoms. The Balaban J connectivity index is 2.58. The van der Waals surface area contributed by atoms with Crippen molar-refractivity contribution in [2.75, 3.05) is 0 Å². The van der Waals surface area contributed by atoms with E-state index in [2.05, 4.69) is 9.97 Å². The predicted octanol–water partition coefficient (Wildman–Crippen LogP) is 0.106. The van der Waals surface area contributed by atoms with E-state index in [9.17, 15) is 9.59 Å². The number of hydrogen-bond acceptors (Lipinski definition) is 3. The molecule has 4 N–H and O–H groups in total. The Hall–Kier alpha value is -1.88. The van der Waals surface area contributed by atoms with Gasteiger partial charge in [0.2, 0.25) is 0 Å². The monoisotopic (exact) mass is 219 g/mol. The Morgan fingerprint density at radius 2 is 1.81 bits per heavy atom. The molecular formula is C11H13N3O2. The first kappa shape index (κ1) is 10.6. The summed E-state index contributed by atoms with van der Waals surface area (Å²) in [6, 6.07) is 5.55. The molecule has 1 unspecified atom stereocenters. The van der Waals surface area contributed by atoms with Crippen LogP contribution in [0.4, 0.5) is 0 Å². The Morgan fingerprint density at radius 1 is 1.19 bits per heavy atom. The number of fused-ring (bicyclic) bond motifs is 1. The Labute approximate surface area is 91.3 Å². The molecule has 0 saturated heterocycles. The summed E-state index contributed by atoms with van der Waals surface area (Å²) in [5, 5.41) is 0. The van der Waals surface area contributed by atoms with Gasteiger partial charge in [-0.2, -0.15) is 0 Å². The van der Waals surface area contributed by atoms with Crippen molar-refractivity contribution in [2.24, 2.45) is 5.73 Å². The van der Waals surface area contributed by atoms with Gasteiger partial charge in [0.15, 0.2) is 0 Å². The van der Waals surface area contributed by atoms with Crippen LogP contribution in [0.5, 0.6) is 0 Å². The molecule has 0 aliphatic carbocycles. The first-order valence-electron chi connectivity index (χ1n) is 5.07. The van der Waals surface area contributed by atoms with Crippen molar-refractivity contribution < 1.29 is 0 Å². The van der Waals surface area contributed by atoms with E-state index in [0.29, 0.717) is 11.0 Å². The highest BCUT2D eigenvalue weighted by molar-refractivity contribution is 5.74. The van der Waals surface area contributed by atoms with Crippen LogP contribution in [0.3, 0.4) is 0 Å². The zero-order valence-corrected chi connectivity index (χ0v) is 8.91. The van der Waals surface area contributed by atoms with Crippen molar-refractivity contribution in [1.82, 2.24) is 9.97 Å². The maximum absolute atomic E-state index is 11.1. The van der Waals surface area contributed by atoms with E-state index in [-0.39, 0.29) is 6.04 Å². The van der Waals surface area contributed by atoms with Gasteiger partial charge in [0, 0.05) is 6.04 Å². The molecule has 2 rings (SSSR count). The Bertz CT molecular complexity index is 625. The number of nitrogens with two attached hydrogens (primary N) is 1. The molecule has 0 radical (unpaired) electrons. The zero-order chi connectivity index (χ0) is 11.7. The van der Waals surface area contributed by atoms with Gasteiger partial charge in [0.1, 0.15) is 0 Å². The maximum Gasteiger partial charge on any atom is 0.314 e. The number of aromatic nitrogens is 2. The zero-order valence-electron chi connectivity index (χ0n) is 8.91. The molecule has 5 nitrogen and oxygen atoms in total. The highest BCUT2D eigenvalue weighted by Gasteiger charge is 2.02. The number of aromatic amines is 2. The van der Waals surface area contributed by atoms with Crippen LogP contribution in [0.2, 0.25) is 0 Å². The first-order valence-corrected chi connectivity index (χ1v) is 5.07. The number of rotatable bonds is 2. The van der Waals surface area contributed by atoms with Gasteiger partial charge in [-0.25, -0.2) is 0 Å². The smallest absolute Gasteiger partial charge is 0.314 e. The van der Waals surface area contributed by atoms with Gasteiger partial charge in [-0.1, -0.05) is 6.07 Å². The summed E-state index contributed by atoms with van der Waals surface area (Å²) >= 11 is 0. The summed E-state index contributed by atoms with van der Waals surface area (Å²) in [5.74, 6) is 0. The molecule has 1 aromatic heterocycles. The molecule has 2 aromatic rings. The standard InChI is InChI=1S/C11H13N3O2/c1-6(12)4-7-2-3-8-9(5-7)14-11(16)10(15)13-8/h2-3,5-6H,4,12H2,1H3,(H,13,15)(H,14,16). The summed E-state index contributed by atoms with van der Waals surface area (Å²) < 4.78 is 0. The molecule has 0 amide bonds. The number of H-pyrrole nitrogens is 2. The summed E-state index contributed by atoms with van der Waals surface area (Å²) in [7, 11) is 0. The van der Waals surface area contributed by atoms with Gasteiger partial charge in [0.25, 0.3) is 0 Å². The van der Waals surface area contributed by atoms with Crippen LogP contribution < -0.4 is 16.9 Å². The molecule has 0 spiro atoms. The van der Waals surface area contributed by atoms with E-state index < -0.39 is 11.1 Å². The summed E-state index contributed by atoms with van der Waals surface area (Å²) in [5.41, 5.74) is 6.71. The van der Waals surface area contributed by atoms with E-state index in [1.54, 1.807) is 6.07 Å². The molecule has 0 fully saturated rings. The van der Waals surface area contributed by atoms with E-state index in [1.165, 1.54) is 0 Å². The quantitative estimate of drug-likeness (QED) is 0.626. The van der Waals surface area contributed by atoms with Crippen LogP contribution in [0.25, 0.3) is 11.0 Å². The van der Waals surface area contributed by atoms with Crippen molar-refractivity contribution in [3.63, 3.8) is 0 Å². The fraction of sp³-hybridized carbons (Fsp3) is 0.273. The van der Waals surface area contributed by atoms with Crippen molar-refractivity contribution in [1.29, 1.82) is 0 Å². The second-order valence-electron chi connectivity index (χ2n) is 3.97. The minimum absolute atomic E-state index is 0.0620. The van der Waals surface area contributed by atoms with Crippen LogP contribution in [0.15, 0.2) is 27.8 Å². The lowest BCUT2D eigenvalue weighted by Crippen LogP contribution is -2.29. The van der Waals surface area contributed by atoms with Gasteiger partial charge in [-0.15, -0.1) is 0 Å². The predicted molar refractivity (Wildman–Crippen MR) is 62.5 cm³/mol. The molecule has 1 heterocycles. The normalized spacial score (nSPS) is 12.9. The number of nitrogens with one attached hydrogen (secondary N) is 2. The lowest BCUT2D eigenvalue weighted by molar-refractivity contribution is 0.738. The van der Waals surface area contributed by atoms with Crippen molar-refractivity contribution >= 4 is 11.0 Å². The summed E-state index contributed by atoms with van der Waals surface area (Å²) in [6.07, 6.45) is 0.733. The molecular weight excluding hydrogens is 206 g/mol. The van der Waals surface area contributed by atoms with Gasteiger partial charge in [0.05, 0.1) is 11.0 Å². The van der Waals surface area contributed by atoms with E-state index in [4.69, 9.17) is 5.73 Å². The molecule has 0 aliphatic heterocycles. The minimum Gasteiger partial charge on any atom is -0.328 e. The van der Waals surface area contributed by atoms with Crippen LogP contribution in [-0.4, -0.2) is 16.0 Å². The van der Waals surface area contributed by atoms with Crippen molar-refractivity contribution in [3.8, 4) is 0 Å². The average Bonchev–Trinajstić information content (AvgIpc) is 2.19. The second-order valence-corrected chi connectivity index (χ2v) is 3.97. The molecule has 16 heavy (non-hydrogen) atoms. The molecule has 0 saturated carbocycles. The number of benzene rings is 1. The third-order valence-corrected chi connectivity index (χ3v) is 2.34. The Kier molecular flexibility index (Phi) is 2.62. The van der Waals surface area contributed by atoms with Crippen LogP contribution >= 0.6 is 0 Å². The van der Waals surface area contributed by atoms with E-state index >= 15 is 0 Å². The van der Waals surface area contributed by atoms with Gasteiger partial charge in [-0.05, 0) is 31.0 Å². The fourth-order valence-corrected chi connectivity index (χ4v) is 1.66. The SMILES string of the molecule is CC(N)Cc1ccc2[nH]c(=O)c(=O)[nH]c2c1. The third kappa shape index (κ3) is 2.04. The molecule has 84 valence electrons. The molecule has 1 atom stereocenters. The van der Waals surface area contributed by atoms with Crippen LogP contribution in [-0.2, 0) is 6.42 Å². The average molecular weight is 219 g/mol. The summed E-state index contributed by atoms with van der Waals surface area (Å²) in [4.78, 5) is 27.3. The van der Waals surface area contributed by atoms with E-state index in [0.717, 1.165) is 12.0 Å².